The molecule has 1 N–H and O–H groups in total. The summed E-state index contributed by atoms with van der Waals surface area (Å²) in [5.74, 6) is 0.959. The van der Waals surface area contributed by atoms with E-state index in [9.17, 15) is 0 Å². The highest BCUT2D eigenvalue weighted by Crippen LogP contribution is 2.35. The number of hydrogen-bond acceptors (Lipinski definition) is 5. The Balaban J connectivity index is 1.78. The fraction of sp³-hybridized carbons (Fsp3) is 0.227. The molecule has 0 aliphatic carbocycles. The van der Waals surface area contributed by atoms with E-state index >= 15 is 0 Å². The van der Waals surface area contributed by atoms with Gasteiger partial charge < -0.3 is 9.64 Å². The van der Waals surface area contributed by atoms with Crippen LogP contribution < -0.4 is 4.90 Å². The Morgan fingerprint density at radius 1 is 1.04 bits per heavy atom. The number of aromatic nitrogens is 4. The van der Waals surface area contributed by atoms with Gasteiger partial charge in [0.1, 0.15) is 17.0 Å². The zero-order valence-electron chi connectivity index (χ0n) is 15.7. The van der Waals surface area contributed by atoms with Gasteiger partial charge in [-0.15, -0.1) is 0 Å². The number of nitrogens with one attached hydrogen (secondary N) is 1. The van der Waals surface area contributed by atoms with Crippen LogP contribution in [0, 0.1) is 6.92 Å². The molecule has 28 heavy (non-hydrogen) atoms. The molecule has 4 aromatic rings. The van der Waals surface area contributed by atoms with Crippen molar-refractivity contribution in [3.8, 4) is 22.5 Å². The first-order valence-electron chi connectivity index (χ1n) is 9.49. The lowest BCUT2D eigenvalue weighted by atomic mass is 9.99. The van der Waals surface area contributed by atoms with Crippen LogP contribution >= 0.6 is 0 Å². The molecule has 3 aromatic heterocycles. The van der Waals surface area contributed by atoms with Gasteiger partial charge in [0.15, 0.2) is 0 Å². The minimum absolute atomic E-state index is 0.722. The average Bonchev–Trinajstić information content (AvgIpc) is 3.28. The van der Waals surface area contributed by atoms with Crippen molar-refractivity contribution in [1.82, 2.24) is 20.2 Å². The SMILES string of the molecule is Cc1cccc(-c2cc(N3CCOCC3)nc3c(-c4ccn[nH]4)nccc23)c1. The molecule has 0 atom stereocenters. The van der Waals surface area contributed by atoms with Crippen molar-refractivity contribution >= 4 is 16.7 Å². The van der Waals surface area contributed by atoms with Crippen molar-refractivity contribution in [2.24, 2.45) is 0 Å². The van der Waals surface area contributed by atoms with Crippen LogP contribution in [0.2, 0.25) is 0 Å². The molecule has 4 heterocycles. The second kappa shape index (κ2) is 7.05. The van der Waals surface area contributed by atoms with Crippen LogP contribution in [0.15, 0.2) is 54.9 Å². The predicted octanol–water partition coefficient (Wildman–Crippen LogP) is 3.83. The molecule has 1 aliphatic heterocycles. The Kier molecular flexibility index (Phi) is 4.25. The largest absolute Gasteiger partial charge is 0.378 e. The Hall–Kier alpha value is -3.25. The number of H-pyrrole nitrogens is 1. The number of ether oxygens (including phenoxy) is 1. The van der Waals surface area contributed by atoms with Gasteiger partial charge in [0, 0.05) is 30.9 Å². The maximum absolute atomic E-state index is 5.53. The van der Waals surface area contributed by atoms with Crippen LogP contribution in [-0.4, -0.2) is 46.5 Å². The minimum atomic E-state index is 0.722. The van der Waals surface area contributed by atoms with Crippen LogP contribution in [0.5, 0.6) is 0 Å². The molecule has 1 aromatic carbocycles. The molecule has 0 spiro atoms. The van der Waals surface area contributed by atoms with Gasteiger partial charge >= 0.3 is 0 Å². The topological polar surface area (TPSA) is 66.9 Å². The summed E-state index contributed by atoms with van der Waals surface area (Å²) < 4.78 is 5.53. The predicted molar refractivity (Wildman–Crippen MR) is 110 cm³/mol. The lowest BCUT2D eigenvalue weighted by Crippen LogP contribution is -2.36. The van der Waals surface area contributed by atoms with Gasteiger partial charge in [-0.3, -0.25) is 10.1 Å². The van der Waals surface area contributed by atoms with Crippen molar-refractivity contribution in [3.63, 3.8) is 0 Å². The number of benzene rings is 1. The Labute approximate surface area is 163 Å². The zero-order chi connectivity index (χ0) is 18.9. The molecule has 6 heteroatoms. The molecule has 5 rings (SSSR count). The summed E-state index contributed by atoms with van der Waals surface area (Å²) in [4.78, 5) is 11.9. The first-order valence-corrected chi connectivity index (χ1v) is 9.49. The second-order valence-electron chi connectivity index (χ2n) is 7.02. The molecule has 1 saturated heterocycles. The first-order chi connectivity index (χ1) is 13.8. The summed E-state index contributed by atoms with van der Waals surface area (Å²) in [6.45, 7) is 5.24. The van der Waals surface area contributed by atoms with Crippen molar-refractivity contribution in [2.75, 3.05) is 31.2 Å². The number of morpholine rings is 1. The fourth-order valence-corrected chi connectivity index (χ4v) is 3.73. The number of hydrogen-bond donors (Lipinski definition) is 1. The maximum Gasteiger partial charge on any atom is 0.130 e. The van der Waals surface area contributed by atoms with E-state index in [1.165, 1.54) is 16.7 Å². The molecular formula is C22H21N5O. The van der Waals surface area contributed by atoms with Crippen LogP contribution in [0.4, 0.5) is 5.82 Å². The van der Waals surface area contributed by atoms with Crippen molar-refractivity contribution < 1.29 is 4.74 Å². The Bertz CT molecular complexity index is 1120. The van der Waals surface area contributed by atoms with Crippen LogP contribution in [0.3, 0.4) is 0 Å². The number of nitrogens with zero attached hydrogens (tertiary/aromatic N) is 4. The molecule has 0 bridgehead atoms. The number of anilines is 1. The molecule has 0 radical (unpaired) electrons. The van der Waals surface area contributed by atoms with E-state index < -0.39 is 0 Å². The smallest absolute Gasteiger partial charge is 0.130 e. The number of aromatic amines is 1. The summed E-state index contributed by atoms with van der Waals surface area (Å²) in [5.41, 5.74) is 6.15. The van der Waals surface area contributed by atoms with E-state index in [2.05, 4.69) is 57.3 Å². The van der Waals surface area contributed by atoms with Gasteiger partial charge in [0.25, 0.3) is 0 Å². The van der Waals surface area contributed by atoms with Gasteiger partial charge in [-0.1, -0.05) is 29.8 Å². The number of pyridine rings is 2. The summed E-state index contributed by atoms with van der Waals surface area (Å²) in [6.07, 6.45) is 3.58. The summed E-state index contributed by atoms with van der Waals surface area (Å²) >= 11 is 0. The highest BCUT2D eigenvalue weighted by molar-refractivity contribution is 6.01. The molecule has 140 valence electrons. The van der Waals surface area contributed by atoms with Crippen LogP contribution in [0.25, 0.3) is 33.4 Å². The number of aryl methyl sites for hydroxylation is 1. The summed E-state index contributed by atoms with van der Waals surface area (Å²) in [6, 6.07) is 14.8. The van der Waals surface area contributed by atoms with Gasteiger partial charge in [0.2, 0.25) is 0 Å². The molecule has 1 aliphatic rings. The van der Waals surface area contributed by atoms with Crippen molar-refractivity contribution in [1.29, 1.82) is 0 Å². The Morgan fingerprint density at radius 3 is 2.71 bits per heavy atom. The van der Waals surface area contributed by atoms with Gasteiger partial charge in [-0.25, -0.2) is 4.98 Å². The third-order valence-corrected chi connectivity index (χ3v) is 5.13. The maximum atomic E-state index is 5.53. The van der Waals surface area contributed by atoms with Crippen molar-refractivity contribution in [2.45, 2.75) is 6.92 Å². The summed E-state index contributed by atoms with van der Waals surface area (Å²) in [5, 5.41) is 8.20. The van der Waals surface area contributed by atoms with Crippen LogP contribution in [-0.2, 0) is 4.74 Å². The zero-order valence-corrected chi connectivity index (χ0v) is 15.7. The first kappa shape index (κ1) is 16.9. The van der Waals surface area contributed by atoms with E-state index in [0.717, 1.165) is 54.4 Å². The second-order valence-corrected chi connectivity index (χ2v) is 7.02. The quantitative estimate of drug-likeness (QED) is 0.593. The normalized spacial score (nSPS) is 14.5. The summed E-state index contributed by atoms with van der Waals surface area (Å²) in [7, 11) is 0. The van der Waals surface area contributed by atoms with Crippen LogP contribution in [0.1, 0.15) is 5.56 Å². The highest BCUT2D eigenvalue weighted by atomic mass is 16.5. The standard InChI is InChI=1S/C22H21N5O/c1-15-3-2-4-16(13-15)18-14-20(27-9-11-28-12-10-27)25-21-17(18)5-7-23-22(21)19-6-8-24-26-19/h2-8,13-14H,9-12H2,1H3,(H,24,26). The van der Waals surface area contributed by atoms with Gasteiger partial charge in [0.05, 0.1) is 18.9 Å². The molecule has 1 fully saturated rings. The van der Waals surface area contributed by atoms with E-state index in [-0.39, 0.29) is 0 Å². The van der Waals surface area contributed by atoms with E-state index in [0.29, 0.717) is 0 Å². The highest BCUT2D eigenvalue weighted by Gasteiger charge is 2.18. The molecule has 0 unspecified atom stereocenters. The molecule has 0 amide bonds. The lowest BCUT2D eigenvalue weighted by molar-refractivity contribution is 0.122. The van der Waals surface area contributed by atoms with Crippen molar-refractivity contribution in [3.05, 3.63) is 60.4 Å². The number of rotatable bonds is 3. The molecular weight excluding hydrogens is 350 g/mol. The average molecular weight is 371 g/mol. The molecule has 0 saturated carbocycles. The van der Waals surface area contributed by atoms with Gasteiger partial charge in [-0.2, -0.15) is 5.10 Å². The van der Waals surface area contributed by atoms with E-state index in [1.807, 2.05) is 18.3 Å². The van der Waals surface area contributed by atoms with E-state index in [1.54, 1.807) is 6.20 Å². The fourth-order valence-electron chi connectivity index (χ4n) is 3.73. The third-order valence-electron chi connectivity index (χ3n) is 5.13. The lowest BCUT2D eigenvalue weighted by Gasteiger charge is -2.28. The van der Waals surface area contributed by atoms with E-state index in [4.69, 9.17) is 9.72 Å². The third kappa shape index (κ3) is 3.01. The minimum Gasteiger partial charge on any atom is -0.378 e. The van der Waals surface area contributed by atoms with Gasteiger partial charge in [-0.05, 0) is 36.2 Å². The molecule has 6 nitrogen and oxygen atoms in total. The Morgan fingerprint density at radius 2 is 1.93 bits per heavy atom. The monoisotopic (exact) mass is 371 g/mol. The number of fused-ring (bicyclic) bond motifs is 1.